The number of hydrogen-bond donors (Lipinski definition) is 1. The first-order valence-electron chi connectivity index (χ1n) is 14.8. The minimum atomic E-state index is -0.926. The van der Waals surface area contributed by atoms with Crippen molar-refractivity contribution in [2.45, 2.75) is 44.5 Å². The number of benzene rings is 3. The molecule has 9 heteroatoms. The van der Waals surface area contributed by atoms with E-state index in [0.29, 0.717) is 59.2 Å². The average Bonchev–Trinajstić information content (AvgIpc) is 3.04. The number of likely N-dealkylation sites (tertiary alicyclic amines) is 1. The Bertz CT molecular complexity index is 1250. The molecular formula is C34H43NO8. The number of methoxy groups -OCH3 is 2. The van der Waals surface area contributed by atoms with Gasteiger partial charge in [-0.2, -0.15) is 0 Å². The Labute approximate surface area is 254 Å². The number of amides is 1. The molecule has 0 bridgehead atoms. The summed E-state index contributed by atoms with van der Waals surface area (Å²) in [6.45, 7) is 3.91. The van der Waals surface area contributed by atoms with E-state index in [2.05, 4.69) is 12.1 Å². The molecule has 9 nitrogen and oxygen atoms in total. The molecule has 1 fully saturated rings. The van der Waals surface area contributed by atoms with Gasteiger partial charge in [-0.1, -0.05) is 48.5 Å². The van der Waals surface area contributed by atoms with Crippen LogP contribution in [0.5, 0.6) is 17.2 Å². The zero-order chi connectivity index (χ0) is 30.3. The van der Waals surface area contributed by atoms with E-state index in [1.54, 1.807) is 14.2 Å². The SMILES string of the molecule is COCCCOc1ccccc1COC1CN(C(=O)O)CCC1c1ccc(OCCCOCc2ccccc2OC)cc1. The molecule has 0 spiro atoms. The Kier molecular flexibility index (Phi) is 13.0. The fraction of sp³-hybridized carbons (Fsp3) is 0.441. The molecule has 2 unspecified atom stereocenters. The van der Waals surface area contributed by atoms with E-state index in [9.17, 15) is 9.90 Å². The van der Waals surface area contributed by atoms with E-state index in [1.807, 2.05) is 60.7 Å². The van der Waals surface area contributed by atoms with Crippen molar-refractivity contribution in [2.24, 2.45) is 0 Å². The Morgan fingerprint density at radius 3 is 2.21 bits per heavy atom. The van der Waals surface area contributed by atoms with Crippen molar-refractivity contribution < 1.29 is 38.3 Å². The molecule has 1 aliphatic heterocycles. The molecule has 0 radical (unpaired) electrons. The topological polar surface area (TPSA) is 95.9 Å². The van der Waals surface area contributed by atoms with Crippen LogP contribution in [-0.4, -0.2) is 75.9 Å². The standard InChI is InChI=1S/C34H43NO8/c1-38-19-7-22-42-32-12-6-4-10-28(32)25-43-33-23-35(34(36)37)18-17-30(33)26-13-15-29(16-14-26)41-21-8-20-40-24-27-9-3-5-11-31(27)39-2/h3-6,9-16,30,33H,7-8,17-25H2,1-2H3,(H,36,37). The zero-order valence-corrected chi connectivity index (χ0v) is 25.1. The predicted octanol–water partition coefficient (Wildman–Crippen LogP) is 6.15. The van der Waals surface area contributed by atoms with Gasteiger partial charge in [0.2, 0.25) is 0 Å². The largest absolute Gasteiger partial charge is 0.496 e. The second-order valence-electron chi connectivity index (χ2n) is 10.4. The van der Waals surface area contributed by atoms with Gasteiger partial charge < -0.3 is 38.4 Å². The van der Waals surface area contributed by atoms with Crippen molar-refractivity contribution in [1.29, 1.82) is 0 Å². The monoisotopic (exact) mass is 593 g/mol. The van der Waals surface area contributed by atoms with Crippen LogP contribution < -0.4 is 14.2 Å². The maximum absolute atomic E-state index is 11.8. The van der Waals surface area contributed by atoms with E-state index >= 15 is 0 Å². The smallest absolute Gasteiger partial charge is 0.407 e. The van der Waals surface area contributed by atoms with Gasteiger partial charge in [-0.15, -0.1) is 0 Å². The van der Waals surface area contributed by atoms with Gasteiger partial charge in [0, 0.05) is 50.1 Å². The number of para-hydroxylation sites is 2. The first-order chi connectivity index (χ1) is 21.1. The highest BCUT2D eigenvalue weighted by Crippen LogP contribution is 2.33. The molecule has 232 valence electrons. The summed E-state index contributed by atoms with van der Waals surface area (Å²) < 4.78 is 34.6. The van der Waals surface area contributed by atoms with E-state index in [4.69, 9.17) is 28.4 Å². The lowest BCUT2D eigenvalue weighted by Gasteiger charge is -2.37. The van der Waals surface area contributed by atoms with E-state index in [1.165, 1.54) is 4.90 Å². The summed E-state index contributed by atoms with van der Waals surface area (Å²) in [5, 5.41) is 9.65. The first kappa shape index (κ1) is 32.1. The van der Waals surface area contributed by atoms with Crippen molar-refractivity contribution in [3.63, 3.8) is 0 Å². The minimum Gasteiger partial charge on any atom is -0.496 e. The van der Waals surface area contributed by atoms with Crippen molar-refractivity contribution in [3.8, 4) is 17.2 Å². The van der Waals surface area contributed by atoms with Gasteiger partial charge in [-0.25, -0.2) is 4.79 Å². The number of piperidine rings is 1. The highest BCUT2D eigenvalue weighted by Gasteiger charge is 2.33. The molecule has 0 aromatic heterocycles. The summed E-state index contributed by atoms with van der Waals surface area (Å²) in [7, 11) is 3.33. The normalized spacial score (nSPS) is 16.6. The van der Waals surface area contributed by atoms with E-state index in [0.717, 1.165) is 46.8 Å². The summed E-state index contributed by atoms with van der Waals surface area (Å²) in [4.78, 5) is 13.2. The number of carboxylic acid groups (broad SMARTS) is 1. The van der Waals surface area contributed by atoms with Gasteiger partial charge in [0.1, 0.15) is 17.2 Å². The van der Waals surface area contributed by atoms with Crippen LogP contribution in [0.3, 0.4) is 0 Å². The van der Waals surface area contributed by atoms with Crippen LogP contribution in [0, 0.1) is 0 Å². The third-order valence-electron chi connectivity index (χ3n) is 7.47. The van der Waals surface area contributed by atoms with Gasteiger partial charge in [0.05, 0.1) is 52.8 Å². The van der Waals surface area contributed by atoms with Gasteiger partial charge in [-0.3, -0.25) is 0 Å². The lowest BCUT2D eigenvalue weighted by atomic mass is 9.87. The molecule has 1 amide bonds. The Hall–Kier alpha value is -3.79. The maximum Gasteiger partial charge on any atom is 0.407 e. The molecule has 1 saturated heterocycles. The lowest BCUT2D eigenvalue weighted by Crippen LogP contribution is -2.46. The van der Waals surface area contributed by atoms with E-state index < -0.39 is 6.09 Å². The van der Waals surface area contributed by atoms with Gasteiger partial charge in [0.25, 0.3) is 0 Å². The quantitative estimate of drug-likeness (QED) is 0.186. The molecule has 1 aliphatic rings. The molecule has 3 aromatic carbocycles. The molecular weight excluding hydrogens is 550 g/mol. The van der Waals surface area contributed by atoms with Crippen molar-refractivity contribution in [1.82, 2.24) is 4.90 Å². The van der Waals surface area contributed by atoms with Crippen molar-refractivity contribution in [3.05, 3.63) is 89.5 Å². The fourth-order valence-corrected chi connectivity index (χ4v) is 5.15. The highest BCUT2D eigenvalue weighted by molar-refractivity contribution is 5.65. The van der Waals surface area contributed by atoms with Crippen LogP contribution >= 0.6 is 0 Å². The van der Waals surface area contributed by atoms with E-state index in [-0.39, 0.29) is 12.0 Å². The Balaban J connectivity index is 1.28. The molecule has 3 aromatic rings. The molecule has 0 saturated carbocycles. The summed E-state index contributed by atoms with van der Waals surface area (Å²) in [6, 6.07) is 23.7. The summed E-state index contributed by atoms with van der Waals surface area (Å²) in [6.07, 6.45) is 1.01. The van der Waals surface area contributed by atoms with Crippen LogP contribution in [0.25, 0.3) is 0 Å². The number of hydrogen-bond acceptors (Lipinski definition) is 7. The number of carbonyl (C=O) groups is 1. The molecule has 1 N–H and O–H groups in total. The Morgan fingerprint density at radius 1 is 0.814 bits per heavy atom. The average molecular weight is 594 g/mol. The number of ether oxygens (including phenoxy) is 6. The van der Waals surface area contributed by atoms with Crippen LogP contribution in [-0.2, 0) is 27.4 Å². The van der Waals surface area contributed by atoms with Crippen molar-refractivity contribution >= 4 is 6.09 Å². The summed E-state index contributed by atoms with van der Waals surface area (Å²) in [5.41, 5.74) is 3.06. The Morgan fingerprint density at radius 2 is 1.49 bits per heavy atom. The first-order valence-corrected chi connectivity index (χ1v) is 14.8. The summed E-state index contributed by atoms with van der Waals surface area (Å²) in [5.74, 6) is 2.44. The summed E-state index contributed by atoms with van der Waals surface area (Å²) >= 11 is 0. The third-order valence-corrected chi connectivity index (χ3v) is 7.47. The second-order valence-corrected chi connectivity index (χ2v) is 10.4. The van der Waals surface area contributed by atoms with Crippen LogP contribution in [0.15, 0.2) is 72.8 Å². The zero-order valence-electron chi connectivity index (χ0n) is 25.1. The molecule has 2 atom stereocenters. The van der Waals surface area contributed by atoms with Crippen LogP contribution in [0.1, 0.15) is 41.9 Å². The van der Waals surface area contributed by atoms with Gasteiger partial charge in [-0.05, 0) is 36.2 Å². The molecule has 43 heavy (non-hydrogen) atoms. The third kappa shape index (κ3) is 9.88. The van der Waals surface area contributed by atoms with Crippen LogP contribution in [0.2, 0.25) is 0 Å². The van der Waals surface area contributed by atoms with Crippen LogP contribution in [0.4, 0.5) is 4.79 Å². The number of nitrogens with zero attached hydrogens (tertiary/aromatic N) is 1. The van der Waals surface area contributed by atoms with Gasteiger partial charge >= 0.3 is 6.09 Å². The highest BCUT2D eigenvalue weighted by atomic mass is 16.5. The number of rotatable bonds is 17. The van der Waals surface area contributed by atoms with Gasteiger partial charge in [0.15, 0.2) is 0 Å². The lowest BCUT2D eigenvalue weighted by molar-refractivity contribution is -0.0206. The van der Waals surface area contributed by atoms with Crippen molar-refractivity contribution in [2.75, 3.05) is 53.7 Å². The second kappa shape index (κ2) is 17.4. The fourth-order valence-electron chi connectivity index (χ4n) is 5.15. The predicted molar refractivity (Wildman–Crippen MR) is 163 cm³/mol. The minimum absolute atomic E-state index is 0.0582. The molecule has 4 rings (SSSR count). The molecule has 0 aliphatic carbocycles. The molecule has 1 heterocycles. The maximum atomic E-state index is 11.8.